The summed E-state index contributed by atoms with van der Waals surface area (Å²) in [5.41, 5.74) is 11.1. The highest BCUT2D eigenvalue weighted by Crippen LogP contribution is 2.22. The van der Waals surface area contributed by atoms with Crippen LogP contribution in [0.5, 0.6) is 0 Å². The molecule has 19 heavy (non-hydrogen) atoms. The van der Waals surface area contributed by atoms with Gasteiger partial charge in [0, 0.05) is 25.0 Å². The van der Waals surface area contributed by atoms with Gasteiger partial charge >= 0.3 is 12.1 Å². The molecule has 0 fully saturated rings. The van der Waals surface area contributed by atoms with Crippen molar-refractivity contribution in [1.29, 1.82) is 0 Å². The van der Waals surface area contributed by atoms with Crippen LogP contribution in [0.2, 0.25) is 0 Å². The van der Waals surface area contributed by atoms with Gasteiger partial charge in [0.05, 0.1) is 0 Å². The second kappa shape index (κ2) is 6.03. The number of carbonyl (C=O) groups is 1. The number of halogens is 3. The zero-order chi connectivity index (χ0) is 14.5. The molecule has 1 amide bonds. The minimum absolute atomic E-state index is 0.0334. The molecule has 0 saturated heterocycles. The molecule has 0 atom stereocenters. The van der Waals surface area contributed by atoms with E-state index in [1.165, 1.54) is 0 Å². The van der Waals surface area contributed by atoms with Gasteiger partial charge in [0.25, 0.3) is 0 Å². The number of hydrogen-bond acceptors (Lipinski definition) is 3. The molecule has 0 bridgehead atoms. The van der Waals surface area contributed by atoms with E-state index in [-0.39, 0.29) is 19.6 Å². The minimum atomic E-state index is -4.91. The van der Waals surface area contributed by atoms with E-state index in [0.717, 1.165) is 0 Å². The van der Waals surface area contributed by atoms with Gasteiger partial charge in [-0.15, -0.1) is 0 Å². The molecule has 0 saturated carbocycles. The molecule has 0 heterocycles. The highest BCUT2D eigenvalue weighted by molar-refractivity contribution is 5.81. The first-order chi connectivity index (χ1) is 8.85. The van der Waals surface area contributed by atoms with Gasteiger partial charge in [-0.05, 0) is 5.56 Å². The average molecular weight is 275 g/mol. The zero-order valence-electron chi connectivity index (χ0n) is 10.2. The molecule has 1 aromatic carbocycles. The van der Waals surface area contributed by atoms with E-state index in [1.807, 2.05) is 5.32 Å². The van der Waals surface area contributed by atoms with Crippen molar-refractivity contribution < 1.29 is 18.0 Å². The van der Waals surface area contributed by atoms with Gasteiger partial charge in [0.2, 0.25) is 0 Å². The molecular formula is C12H16F3N3O. The molecule has 5 N–H and O–H groups in total. The lowest BCUT2D eigenvalue weighted by Gasteiger charge is -2.32. The SMILES string of the molecule is NCC(CN)(CNC(=O)C(F)(F)F)c1ccccc1. The standard InChI is InChI=1S/C12H16F3N3O/c13-12(14,15)10(19)18-8-11(6-16,7-17)9-4-2-1-3-5-9/h1-5H,6-8,16-17H2,(H,18,19). The van der Waals surface area contributed by atoms with Crippen LogP contribution in [0.4, 0.5) is 13.2 Å². The van der Waals surface area contributed by atoms with Crippen molar-refractivity contribution >= 4 is 5.91 Å². The van der Waals surface area contributed by atoms with Crippen LogP contribution >= 0.6 is 0 Å². The summed E-state index contributed by atoms with van der Waals surface area (Å²) < 4.78 is 36.5. The van der Waals surface area contributed by atoms with Crippen molar-refractivity contribution in [2.75, 3.05) is 19.6 Å². The number of rotatable bonds is 5. The maximum atomic E-state index is 12.2. The number of hydrogen-bond donors (Lipinski definition) is 3. The Kier molecular flexibility index (Phi) is 4.90. The topological polar surface area (TPSA) is 81.1 Å². The number of amides is 1. The number of nitrogens with one attached hydrogen (secondary N) is 1. The second-order valence-corrected chi connectivity index (χ2v) is 4.24. The summed E-state index contributed by atoms with van der Waals surface area (Å²) in [5, 5.41) is 1.84. The Hall–Kier alpha value is -1.60. The van der Waals surface area contributed by atoms with Gasteiger partial charge in [0.1, 0.15) is 0 Å². The predicted octanol–water partition coefficient (Wildman–Crippen LogP) is 0.520. The molecular weight excluding hydrogens is 259 g/mol. The van der Waals surface area contributed by atoms with Crippen molar-refractivity contribution in [3.05, 3.63) is 35.9 Å². The molecule has 0 radical (unpaired) electrons. The van der Waals surface area contributed by atoms with E-state index < -0.39 is 17.5 Å². The minimum Gasteiger partial charge on any atom is -0.347 e. The summed E-state index contributed by atoms with van der Waals surface area (Å²) in [7, 11) is 0. The van der Waals surface area contributed by atoms with Gasteiger partial charge in [-0.2, -0.15) is 13.2 Å². The van der Waals surface area contributed by atoms with E-state index in [9.17, 15) is 18.0 Å². The monoisotopic (exact) mass is 275 g/mol. The Bertz CT molecular complexity index is 416. The predicted molar refractivity (Wildman–Crippen MR) is 65.3 cm³/mol. The van der Waals surface area contributed by atoms with Crippen molar-refractivity contribution in [2.45, 2.75) is 11.6 Å². The summed E-state index contributed by atoms with van der Waals surface area (Å²) in [5.74, 6) is -1.99. The molecule has 1 rings (SSSR count). The van der Waals surface area contributed by atoms with Crippen LogP contribution in [0.15, 0.2) is 30.3 Å². The highest BCUT2D eigenvalue weighted by Gasteiger charge is 2.40. The Labute approximate surface area is 109 Å². The van der Waals surface area contributed by atoms with Crippen LogP contribution in [-0.2, 0) is 10.2 Å². The molecule has 4 nitrogen and oxygen atoms in total. The average Bonchev–Trinajstić information content (AvgIpc) is 2.40. The lowest BCUT2D eigenvalue weighted by Crippen LogP contribution is -2.52. The maximum absolute atomic E-state index is 12.2. The lowest BCUT2D eigenvalue weighted by atomic mass is 9.80. The summed E-state index contributed by atoms with van der Waals surface area (Å²) in [4.78, 5) is 10.9. The summed E-state index contributed by atoms with van der Waals surface area (Å²) in [6.07, 6.45) is -4.91. The van der Waals surface area contributed by atoms with E-state index in [0.29, 0.717) is 5.56 Å². The Balaban J connectivity index is 2.87. The number of alkyl halides is 3. The van der Waals surface area contributed by atoms with Crippen molar-refractivity contribution in [2.24, 2.45) is 11.5 Å². The van der Waals surface area contributed by atoms with Crippen LogP contribution in [0.1, 0.15) is 5.56 Å². The molecule has 0 aromatic heterocycles. The quantitative estimate of drug-likeness (QED) is 0.733. The Morgan fingerprint density at radius 3 is 2.05 bits per heavy atom. The van der Waals surface area contributed by atoms with Crippen LogP contribution in [0.3, 0.4) is 0 Å². The molecule has 106 valence electrons. The second-order valence-electron chi connectivity index (χ2n) is 4.24. The fourth-order valence-corrected chi connectivity index (χ4v) is 1.71. The van der Waals surface area contributed by atoms with Crippen LogP contribution in [0.25, 0.3) is 0 Å². The fraction of sp³-hybridized carbons (Fsp3) is 0.417. The van der Waals surface area contributed by atoms with Gasteiger partial charge in [-0.25, -0.2) is 0 Å². The summed E-state index contributed by atoms with van der Waals surface area (Å²) in [6, 6.07) is 8.69. The summed E-state index contributed by atoms with van der Waals surface area (Å²) >= 11 is 0. The first kappa shape index (κ1) is 15.5. The normalized spacial score (nSPS) is 12.3. The third-order valence-corrected chi connectivity index (χ3v) is 3.01. The van der Waals surface area contributed by atoms with E-state index in [2.05, 4.69) is 0 Å². The van der Waals surface area contributed by atoms with Crippen LogP contribution in [-0.4, -0.2) is 31.7 Å². The first-order valence-corrected chi connectivity index (χ1v) is 5.66. The van der Waals surface area contributed by atoms with E-state index >= 15 is 0 Å². The summed E-state index contributed by atoms with van der Waals surface area (Å²) in [6.45, 7) is -0.195. The molecule has 0 unspecified atom stereocenters. The van der Waals surface area contributed by atoms with Crippen molar-refractivity contribution in [3.63, 3.8) is 0 Å². The molecule has 0 spiro atoms. The third-order valence-electron chi connectivity index (χ3n) is 3.01. The Morgan fingerprint density at radius 1 is 1.11 bits per heavy atom. The van der Waals surface area contributed by atoms with Gasteiger partial charge in [-0.1, -0.05) is 30.3 Å². The zero-order valence-corrected chi connectivity index (χ0v) is 10.2. The number of benzene rings is 1. The van der Waals surface area contributed by atoms with E-state index in [4.69, 9.17) is 11.5 Å². The Morgan fingerprint density at radius 2 is 1.63 bits per heavy atom. The molecule has 0 aliphatic heterocycles. The molecule has 0 aliphatic rings. The van der Waals surface area contributed by atoms with Gasteiger partial charge in [0.15, 0.2) is 0 Å². The third kappa shape index (κ3) is 3.68. The van der Waals surface area contributed by atoms with Crippen LogP contribution in [0, 0.1) is 0 Å². The number of carbonyl (C=O) groups excluding carboxylic acids is 1. The molecule has 7 heteroatoms. The highest BCUT2D eigenvalue weighted by atomic mass is 19.4. The van der Waals surface area contributed by atoms with E-state index in [1.54, 1.807) is 30.3 Å². The van der Waals surface area contributed by atoms with Crippen LogP contribution < -0.4 is 16.8 Å². The molecule has 1 aromatic rings. The fourth-order valence-electron chi connectivity index (χ4n) is 1.71. The van der Waals surface area contributed by atoms with Crippen molar-refractivity contribution in [3.8, 4) is 0 Å². The number of nitrogens with two attached hydrogens (primary N) is 2. The lowest BCUT2D eigenvalue weighted by molar-refractivity contribution is -0.173. The van der Waals surface area contributed by atoms with Gasteiger partial charge in [-0.3, -0.25) is 4.79 Å². The van der Waals surface area contributed by atoms with Crippen molar-refractivity contribution in [1.82, 2.24) is 5.32 Å². The molecule has 0 aliphatic carbocycles. The first-order valence-electron chi connectivity index (χ1n) is 5.66. The maximum Gasteiger partial charge on any atom is 0.471 e. The van der Waals surface area contributed by atoms with Gasteiger partial charge < -0.3 is 16.8 Å². The largest absolute Gasteiger partial charge is 0.471 e. The smallest absolute Gasteiger partial charge is 0.347 e.